The van der Waals surface area contributed by atoms with Crippen LogP contribution in [0.1, 0.15) is 15.9 Å². The van der Waals surface area contributed by atoms with E-state index >= 15 is 0 Å². The highest BCUT2D eigenvalue weighted by molar-refractivity contribution is 5.94. The molecule has 5 rings (SSSR count). The zero-order valence-corrected chi connectivity index (χ0v) is 16.8. The van der Waals surface area contributed by atoms with Crippen LogP contribution in [0, 0.1) is 0 Å². The number of benzene rings is 2. The van der Waals surface area contributed by atoms with Gasteiger partial charge in [-0.05, 0) is 35.9 Å². The molecule has 2 aliphatic heterocycles. The molecular formula is C22H21N3O6. The van der Waals surface area contributed by atoms with Gasteiger partial charge in [0.1, 0.15) is 5.52 Å². The Morgan fingerprint density at radius 1 is 1.00 bits per heavy atom. The van der Waals surface area contributed by atoms with Crippen molar-refractivity contribution in [3.8, 4) is 11.5 Å². The maximum absolute atomic E-state index is 12.5. The van der Waals surface area contributed by atoms with Gasteiger partial charge in [0.05, 0.1) is 5.56 Å². The molecule has 0 N–H and O–H groups in total. The topological polar surface area (TPSA) is 94.3 Å². The van der Waals surface area contributed by atoms with Gasteiger partial charge in [0.15, 0.2) is 30.1 Å². The van der Waals surface area contributed by atoms with E-state index in [1.165, 1.54) is 6.39 Å². The molecule has 9 nitrogen and oxygen atoms in total. The highest BCUT2D eigenvalue weighted by atomic mass is 16.7. The summed E-state index contributed by atoms with van der Waals surface area (Å²) in [4.78, 5) is 32.7. The Balaban J connectivity index is 1.09. The van der Waals surface area contributed by atoms with Crippen LogP contribution in [0.2, 0.25) is 0 Å². The first-order valence-electron chi connectivity index (χ1n) is 10.0. The summed E-state index contributed by atoms with van der Waals surface area (Å²) in [7, 11) is 0. The fourth-order valence-corrected chi connectivity index (χ4v) is 3.74. The first-order chi connectivity index (χ1) is 15.2. The van der Waals surface area contributed by atoms with Crippen LogP contribution in [0.25, 0.3) is 11.1 Å². The molecule has 0 unspecified atom stereocenters. The van der Waals surface area contributed by atoms with Crippen LogP contribution in [-0.2, 0) is 16.1 Å². The van der Waals surface area contributed by atoms with E-state index in [4.69, 9.17) is 18.6 Å². The normalized spacial score (nSPS) is 15.9. The van der Waals surface area contributed by atoms with Crippen molar-refractivity contribution in [2.24, 2.45) is 0 Å². The average molecular weight is 423 g/mol. The smallest absolute Gasteiger partial charge is 0.338 e. The number of hydrogen-bond donors (Lipinski definition) is 0. The van der Waals surface area contributed by atoms with Crippen LogP contribution < -0.4 is 9.47 Å². The molecule has 0 radical (unpaired) electrons. The summed E-state index contributed by atoms with van der Waals surface area (Å²) in [6.45, 7) is 3.43. The molecule has 2 aliphatic rings. The molecule has 1 amide bonds. The predicted octanol–water partition coefficient (Wildman–Crippen LogP) is 2.06. The molecule has 0 saturated carbocycles. The largest absolute Gasteiger partial charge is 0.454 e. The Morgan fingerprint density at radius 2 is 1.84 bits per heavy atom. The lowest BCUT2D eigenvalue weighted by molar-refractivity contribution is -0.136. The predicted molar refractivity (Wildman–Crippen MR) is 109 cm³/mol. The summed E-state index contributed by atoms with van der Waals surface area (Å²) < 4.78 is 21.2. The number of hydrogen-bond acceptors (Lipinski definition) is 8. The molecule has 0 atom stereocenters. The lowest BCUT2D eigenvalue weighted by Crippen LogP contribution is -2.49. The number of carbonyl (C=O) groups excluding carboxylic acids is 2. The van der Waals surface area contributed by atoms with E-state index in [0.29, 0.717) is 29.8 Å². The number of carbonyl (C=O) groups is 2. The number of fused-ring (bicyclic) bond motifs is 2. The summed E-state index contributed by atoms with van der Waals surface area (Å²) in [5, 5.41) is 0. The molecule has 0 spiro atoms. The van der Waals surface area contributed by atoms with E-state index in [1.54, 1.807) is 23.1 Å². The van der Waals surface area contributed by atoms with Crippen LogP contribution in [0.4, 0.5) is 0 Å². The highest BCUT2D eigenvalue weighted by Gasteiger charge is 2.23. The minimum Gasteiger partial charge on any atom is -0.454 e. The maximum Gasteiger partial charge on any atom is 0.338 e. The van der Waals surface area contributed by atoms with Gasteiger partial charge in [0.2, 0.25) is 6.79 Å². The molecule has 3 aromatic rings. The number of oxazole rings is 1. The summed E-state index contributed by atoms with van der Waals surface area (Å²) in [6.07, 6.45) is 1.31. The van der Waals surface area contributed by atoms with Gasteiger partial charge in [0.25, 0.3) is 5.91 Å². The van der Waals surface area contributed by atoms with E-state index in [0.717, 1.165) is 36.7 Å². The van der Waals surface area contributed by atoms with Gasteiger partial charge in [-0.2, -0.15) is 0 Å². The molecule has 2 aromatic carbocycles. The molecule has 1 aromatic heterocycles. The van der Waals surface area contributed by atoms with E-state index in [2.05, 4.69) is 9.88 Å². The zero-order valence-electron chi connectivity index (χ0n) is 16.8. The number of rotatable bonds is 5. The molecule has 0 aliphatic carbocycles. The lowest BCUT2D eigenvalue weighted by Gasteiger charge is -2.34. The van der Waals surface area contributed by atoms with Crippen molar-refractivity contribution in [1.82, 2.24) is 14.8 Å². The minimum atomic E-state index is -0.562. The van der Waals surface area contributed by atoms with Crippen LogP contribution in [0.5, 0.6) is 11.5 Å². The Kier molecular flexibility index (Phi) is 5.17. The molecule has 160 valence electrons. The number of amides is 1. The Hall–Kier alpha value is -3.59. The molecule has 1 fully saturated rings. The van der Waals surface area contributed by atoms with Crippen molar-refractivity contribution < 1.29 is 28.2 Å². The van der Waals surface area contributed by atoms with Crippen LogP contribution in [-0.4, -0.2) is 66.2 Å². The summed E-state index contributed by atoms with van der Waals surface area (Å²) in [5.41, 5.74) is 2.62. The third-order valence-electron chi connectivity index (χ3n) is 5.46. The van der Waals surface area contributed by atoms with E-state index in [9.17, 15) is 9.59 Å². The second-order valence-electron chi connectivity index (χ2n) is 7.46. The minimum absolute atomic E-state index is 0.197. The third kappa shape index (κ3) is 4.17. The first-order valence-corrected chi connectivity index (χ1v) is 10.0. The van der Waals surface area contributed by atoms with Gasteiger partial charge in [-0.25, -0.2) is 9.78 Å². The van der Waals surface area contributed by atoms with Crippen molar-refractivity contribution >= 4 is 23.0 Å². The van der Waals surface area contributed by atoms with Crippen molar-refractivity contribution in [1.29, 1.82) is 0 Å². The number of aromatic nitrogens is 1. The van der Waals surface area contributed by atoms with E-state index in [1.807, 2.05) is 18.2 Å². The molecular weight excluding hydrogens is 402 g/mol. The van der Waals surface area contributed by atoms with Gasteiger partial charge in [-0.15, -0.1) is 0 Å². The SMILES string of the molecule is O=C(OCC(=O)N1CCN(Cc2ccc3c(c2)OCO3)CC1)c1ccc2ncoc2c1. The van der Waals surface area contributed by atoms with Gasteiger partial charge in [-0.3, -0.25) is 9.69 Å². The third-order valence-corrected chi connectivity index (χ3v) is 5.46. The Labute approximate surface area is 178 Å². The Morgan fingerprint density at radius 3 is 2.71 bits per heavy atom. The van der Waals surface area contributed by atoms with Crippen LogP contribution in [0.15, 0.2) is 47.2 Å². The number of ether oxygens (including phenoxy) is 3. The van der Waals surface area contributed by atoms with Crippen molar-refractivity contribution in [2.45, 2.75) is 6.54 Å². The summed E-state index contributed by atoms with van der Waals surface area (Å²) in [5.74, 6) is 0.787. The van der Waals surface area contributed by atoms with Gasteiger partial charge in [0, 0.05) is 32.7 Å². The zero-order chi connectivity index (χ0) is 21.2. The summed E-state index contributed by atoms with van der Waals surface area (Å²) >= 11 is 0. The standard InChI is InChI=1S/C22H21N3O6/c26-21(12-28-22(27)16-2-3-17-19(10-16)29-13-23-17)25-7-5-24(6-8-25)11-15-1-4-18-20(9-15)31-14-30-18/h1-4,9-10,13H,5-8,11-12,14H2. The van der Waals surface area contributed by atoms with Crippen molar-refractivity contribution in [2.75, 3.05) is 39.6 Å². The molecule has 3 heterocycles. The van der Waals surface area contributed by atoms with Crippen molar-refractivity contribution in [3.63, 3.8) is 0 Å². The van der Waals surface area contributed by atoms with E-state index < -0.39 is 5.97 Å². The maximum atomic E-state index is 12.5. The van der Waals surface area contributed by atoms with E-state index in [-0.39, 0.29) is 19.3 Å². The Bertz CT molecular complexity index is 1120. The quantitative estimate of drug-likeness (QED) is 0.576. The number of esters is 1. The second kappa shape index (κ2) is 8.27. The van der Waals surface area contributed by atoms with Gasteiger partial charge >= 0.3 is 5.97 Å². The molecule has 1 saturated heterocycles. The van der Waals surface area contributed by atoms with Gasteiger partial charge in [-0.1, -0.05) is 6.07 Å². The monoisotopic (exact) mass is 423 g/mol. The average Bonchev–Trinajstić information content (AvgIpc) is 3.46. The number of piperazine rings is 1. The van der Waals surface area contributed by atoms with Gasteiger partial charge < -0.3 is 23.5 Å². The fourth-order valence-electron chi connectivity index (χ4n) is 3.74. The fraction of sp³-hybridized carbons (Fsp3) is 0.318. The highest BCUT2D eigenvalue weighted by Crippen LogP contribution is 2.32. The van der Waals surface area contributed by atoms with Crippen molar-refractivity contribution in [3.05, 3.63) is 53.9 Å². The molecule has 9 heteroatoms. The molecule has 31 heavy (non-hydrogen) atoms. The van der Waals surface area contributed by atoms with Crippen LogP contribution in [0.3, 0.4) is 0 Å². The summed E-state index contributed by atoms with van der Waals surface area (Å²) in [6, 6.07) is 10.8. The van der Waals surface area contributed by atoms with Crippen LogP contribution >= 0.6 is 0 Å². The first kappa shape index (κ1) is 19.4. The molecule has 0 bridgehead atoms. The number of nitrogens with zero attached hydrogens (tertiary/aromatic N) is 3. The lowest BCUT2D eigenvalue weighted by atomic mass is 10.1. The second-order valence-corrected chi connectivity index (χ2v) is 7.46.